The Hall–Kier alpha value is -17.7. The van der Waals surface area contributed by atoms with Crippen LogP contribution < -0.4 is 0 Å². The van der Waals surface area contributed by atoms with E-state index in [1.165, 1.54) is 128 Å². The Bertz CT molecular complexity index is 9770. The van der Waals surface area contributed by atoms with Gasteiger partial charge in [0, 0.05) is 118 Å². The summed E-state index contributed by atoms with van der Waals surface area (Å²) >= 11 is 1.83. The molecule has 0 bridgehead atoms. The van der Waals surface area contributed by atoms with Crippen molar-refractivity contribution in [1.29, 1.82) is 0 Å². The van der Waals surface area contributed by atoms with Crippen LogP contribution in [0.1, 0.15) is 0 Å². The maximum absolute atomic E-state index is 6.40. The third kappa shape index (κ3) is 11.1. The molecule has 620 valence electrons. The average Bonchev–Trinajstić information content (AvgIpc) is 1.56. The van der Waals surface area contributed by atoms with Crippen molar-refractivity contribution in [3.05, 3.63) is 437 Å². The van der Waals surface area contributed by atoms with Crippen molar-refractivity contribution in [3.63, 3.8) is 0 Å². The zero-order chi connectivity index (χ0) is 87.5. The summed E-state index contributed by atoms with van der Waals surface area (Å²) in [5, 5.41) is 28.7. The highest BCUT2D eigenvalue weighted by atomic mass is 32.1. The number of fused-ring (bicyclic) bond motifs is 26. The van der Waals surface area contributed by atoms with Gasteiger partial charge in [-0.25, -0.2) is 19.9 Å². The number of hydrogen-bond donors (Lipinski definition) is 0. The largest absolute Gasteiger partial charge is 0.456 e. The third-order valence-corrected chi connectivity index (χ3v) is 29.2. The van der Waals surface area contributed by atoms with Crippen LogP contribution in [0.25, 0.3) is 284 Å². The molecule has 0 unspecified atom stereocenters. The van der Waals surface area contributed by atoms with Gasteiger partial charge in [0.2, 0.25) is 0 Å². The zero-order valence-electron chi connectivity index (χ0n) is 72.0. The Morgan fingerprint density at radius 1 is 0.172 bits per heavy atom. The van der Waals surface area contributed by atoms with Crippen LogP contribution >= 0.6 is 11.3 Å². The lowest BCUT2D eigenvalue weighted by Gasteiger charge is -2.17. The first-order valence-electron chi connectivity index (χ1n) is 45.6. The van der Waals surface area contributed by atoms with Crippen molar-refractivity contribution in [2.24, 2.45) is 0 Å². The Morgan fingerprint density at radius 2 is 0.463 bits per heavy atom. The predicted octanol–water partition coefficient (Wildman–Crippen LogP) is 33.5. The number of para-hydroxylation sites is 9. The predicted molar refractivity (Wildman–Crippen MR) is 563 cm³/mol. The Morgan fingerprint density at radius 3 is 0.925 bits per heavy atom. The summed E-state index contributed by atoms with van der Waals surface area (Å²) in [6, 6.07) is 158. The molecule has 8 aromatic heterocycles. The van der Waals surface area contributed by atoms with Gasteiger partial charge in [0.15, 0.2) is 0 Å². The summed E-state index contributed by atoms with van der Waals surface area (Å²) in [5.74, 6) is 0. The monoisotopic (exact) mass is 1720 g/mol. The molecule has 134 heavy (non-hydrogen) atoms. The number of thiophene rings is 1. The first-order valence-corrected chi connectivity index (χ1v) is 46.4. The summed E-state index contributed by atoms with van der Waals surface area (Å²) in [4.78, 5) is 21.8. The van der Waals surface area contributed by atoms with Crippen molar-refractivity contribution < 1.29 is 4.42 Å². The number of hydrogen-bond acceptors (Lipinski definition) is 6. The SMILES string of the molecule is c1ccc2cc3c(cc2c1)c1ccccc1n3-c1cccc2cc3c4ccccc4n(-c4cccc5c(-c6nc7ccccc7nc6-c6cccc7oc8ccccc8c67)cccc45)c3cc12.c1ccc2cc3c(cc2c1)c1ccccc1n3-c1cccc2cc3c4ccccc4n(-c4cccc5c(-c6nc7ccccc7nc6-c6cccc7sc8ccccc8c67)cccc45)c3cc12. The number of furan rings is 1. The highest BCUT2D eigenvalue weighted by Crippen LogP contribution is 2.50. The molecule has 0 radical (unpaired) electrons. The Balaban J connectivity index is 0.000000131. The molecule has 30 aromatic rings. The van der Waals surface area contributed by atoms with Crippen LogP contribution in [0.5, 0.6) is 0 Å². The molecule has 0 aliphatic rings. The molecule has 9 nitrogen and oxygen atoms in total. The lowest BCUT2D eigenvalue weighted by atomic mass is 9.95. The number of rotatable bonds is 8. The minimum absolute atomic E-state index is 0.822. The standard InChI is InChI=1S/C62H36N4O.C62H36N4S/c2*1-2-16-38-35-56-48(33-37(38)15-1)42-18-3-9-28-53(42)66(56)55-29-11-17-39-34-49-43-19-4-8-27-52(43)65(57(49)36-47(39)55)54-30-13-21-40-41(54)22-12-23-44(40)61-62(64-51-26-7-6-25-50(51)63-61)46-24-14-32-59-60(46)45-20-5-10-31-58(45)67-59/h2*1-36H. The topological polar surface area (TPSA) is 84.4 Å². The minimum Gasteiger partial charge on any atom is -0.456 e. The molecule has 10 heteroatoms. The van der Waals surface area contributed by atoms with Crippen LogP contribution in [0, 0.1) is 0 Å². The van der Waals surface area contributed by atoms with Crippen molar-refractivity contribution in [1.82, 2.24) is 38.2 Å². The lowest BCUT2D eigenvalue weighted by Crippen LogP contribution is -1.99. The molecule has 0 N–H and O–H groups in total. The van der Waals surface area contributed by atoms with E-state index < -0.39 is 0 Å². The summed E-state index contributed by atoms with van der Waals surface area (Å²) < 4.78 is 18.8. The van der Waals surface area contributed by atoms with E-state index in [0.717, 1.165) is 155 Å². The van der Waals surface area contributed by atoms with E-state index in [1.807, 2.05) is 53.8 Å². The Labute approximate surface area is 769 Å². The second-order valence-electron chi connectivity index (χ2n) is 35.3. The molecule has 0 spiro atoms. The van der Waals surface area contributed by atoms with E-state index in [0.29, 0.717) is 0 Å². The molecule has 0 amide bonds. The maximum Gasteiger partial charge on any atom is 0.136 e. The lowest BCUT2D eigenvalue weighted by molar-refractivity contribution is 0.669. The Kier molecular flexibility index (Phi) is 16.0. The fourth-order valence-corrected chi connectivity index (χ4v) is 23.4. The summed E-state index contributed by atoms with van der Waals surface area (Å²) in [7, 11) is 0. The van der Waals surface area contributed by atoms with E-state index in [4.69, 9.17) is 24.4 Å². The van der Waals surface area contributed by atoms with Gasteiger partial charge < -0.3 is 22.7 Å². The van der Waals surface area contributed by atoms with E-state index in [2.05, 4.69) is 413 Å². The molecular formula is C124H72N8OS. The smallest absolute Gasteiger partial charge is 0.136 e. The normalized spacial score (nSPS) is 12.2. The average molecular weight is 1720 g/mol. The van der Waals surface area contributed by atoms with Crippen LogP contribution in [0.2, 0.25) is 0 Å². The van der Waals surface area contributed by atoms with Crippen molar-refractivity contribution in [2.75, 3.05) is 0 Å². The van der Waals surface area contributed by atoms with Gasteiger partial charge >= 0.3 is 0 Å². The minimum atomic E-state index is 0.822. The fourth-order valence-electron chi connectivity index (χ4n) is 22.3. The molecular weight excluding hydrogens is 1650 g/mol. The molecule has 0 saturated heterocycles. The van der Waals surface area contributed by atoms with Gasteiger partial charge in [-0.3, -0.25) is 0 Å². The third-order valence-electron chi connectivity index (χ3n) is 28.1. The quantitative estimate of drug-likeness (QED) is 0.151. The molecule has 0 aliphatic carbocycles. The van der Waals surface area contributed by atoms with Gasteiger partial charge in [-0.2, -0.15) is 0 Å². The van der Waals surface area contributed by atoms with Gasteiger partial charge in [0.25, 0.3) is 0 Å². The fraction of sp³-hybridized carbons (Fsp3) is 0. The van der Waals surface area contributed by atoms with Gasteiger partial charge in [-0.1, -0.05) is 291 Å². The summed E-state index contributed by atoms with van der Waals surface area (Å²) in [6.07, 6.45) is 0. The molecule has 0 atom stereocenters. The van der Waals surface area contributed by atoms with Crippen molar-refractivity contribution in [2.45, 2.75) is 0 Å². The molecule has 22 aromatic carbocycles. The number of nitrogens with zero attached hydrogens (tertiary/aromatic N) is 8. The van der Waals surface area contributed by atoms with Crippen molar-refractivity contribution >= 4 is 227 Å². The highest BCUT2D eigenvalue weighted by molar-refractivity contribution is 7.26. The van der Waals surface area contributed by atoms with Crippen LogP contribution in [-0.4, -0.2) is 38.2 Å². The first kappa shape index (κ1) is 74.3. The van der Waals surface area contributed by atoms with E-state index in [1.54, 1.807) is 0 Å². The molecule has 0 fully saturated rings. The van der Waals surface area contributed by atoms with Crippen LogP contribution in [0.15, 0.2) is 441 Å². The second-order valence-corrected chi connectivity index (χ2v) is 36.4. The molecule has 8 heterocycles. The van der Waals surface area contributed by atoms with Crippen LogP contribution in [0.4, 0.5) is 0 Å². The van der Waals surface area contributed by atoms with Gasteiger partial charge in [-0.15, -0.1) is 11.3 Å². The van der Waals surface area contributed by atoms with Crippen LogP contribution in [0.3, 0.4) is 0 Å². The zero-order valence-corrected chi connectivity index (χ0v) is 72.8. The van der Waals surface area contributed by atoms with Gasteiger partial charge in [0.05, 0.1) is 112 Å². The molecule has 0 aliphatic heterocycles. The van der Waals surface area contributed by atoms with Gasteiger partial charge in [0.1, 0.15) is 11.2 Å². The molecule has 30 rings (SSSR count). The summed E-state index contributed by atoms with van der Waals surface area (Å²) in [6.45, 7) is 0. The van der Waals surface area contributed by atoms with E-state index in [9.17, 15) is 0 Å². The van der Waals surface area contributed by atoms with Crippen molar-refractivity contribution in [3.8, 4) is 67.8 Å². The number of benzene rings is 22. The van der Waals surface area contributed by atoms with E-state index in [-0.39, 0.29) is 0 Å². The van der Waals surface area contributed by atoms with Gasteiger partial charge in [-0.05, 0) is 189 Å². The summed E-state index contributed by atoms with van der Waals surface area (Å²) in [5.41, 5.74) is 26.6. The second kappa shape index (κ2) is 28.9. The first-order chi connectivity index (χ1) is 66.5. The maximum atomic E-state index is 6.40. The van der Waals surface area contributed by atoms with E-state index >= 15 is 0 Å². The molecule has 0 saturated carbocycles. The highest BCUT2D eigenvalue weighted by Gasteiger charge is 2.28. The van der Waals surface area contributed by atoms with Crippen LogP contribution in [-0.2, 0) is 0 Å². The number of aromatic nitrogens is 8.